The average Bonchev–Trinajstić information content (AvgIpc) is 2.66. The van der Waals surface area contributed by atoms with Crippen LogP contribution in [-0.4, -0.2) is 21.6 Å². The van der Waals surface area contributed by atoms with E-state index in [0.717, 1.165) is 16.2 Å². The summed E-state index contributed by atoms with van der Waals surface area (Å²) in [6.45, 7) is 2.59. The highest BCUT2D eigenvalue weighted by Crippen LogP contribution is 2.37. The van der Waals surface area contributed by atoms with Crippen LogP contribution in [-0.2, 0) is 10.7 Å². The normalized spacial score (nSPS) is 11.9. The molecule has 7 heteroatoms. The second-order valence-corrected chi connectivity index (χ2v) is 7.14. The third kappa shape index (κ3) is 4.03. The highest BCUT2D eigenvalue weighted by molar-refractivity contribution is 7.86. The van der Waals surface area contributed by atoms with Gasteiger partial charge in [0.1, 0.15) is 18.4 Å². The minimum atomic E-state index is -0.966. The number of aromatic nitrogens is 3. The van der Waals surface area contributed by atoms with Crippen molar-refractivity contribution in [3.63, 3.8) is 0 Å². The Hall–Kier alpha value is -2.31. The molecule has 3 rings (SSSR count). The first-order chi connectivity index (χ1) is 12.2. The smallest absolute Gasteiger partial charge is 0.164 e. The van der Waals surface area contributed by atoms with Crippen molar-refractivity contribution >= 4 is 22.3 Å². The molecular formula is C18H17ClN4OS. The lowest BCUT2D eigenvalue weighted by Gasteiger charge is -2.17. The molecule has 1 atom stereocenters. The van der Waals surface area contributed by atoms with Crippen LogP contribution in [0.4, 0.5) is 0 Å². The van der Waals surface area contributed by atoms with Crippen LogP contribution in [0.3, 0.4) is 0 Å². The highest BCUT2D eigenvalue weighted by Gasteiger charge is 2.19. The molecule has 2 aromatic carbocycles. The van der Waals surface area contributed by atoms with Gasteiger partial charge in [0.15, 0.2) is 5.82 Å². The summed E-state index contributed by atoms with van der Waals surface area (Å²) in [5.41, 5.74) is 0.697. The second-order valence-electron chi connectivity index (χ2n) is 5.21. The molecule has 0 saturated heterocycles. The zero-order valence-corrected chi connectivity index (χ0v) is 15.2. The largest absolute Gasteiger partial charge is 0.492 e. The number of hydrogen-bond donors (Lipinski definition) is 1. The lowest BCUT2D eigenvalue weighted by molar-refractivity contribution is 0.310. The number of rotatable bonds is 6. The van der Waals surface area contributed by atoms with E-state index in [2.05, 4.69) is 15.0 Å². The maximum absolute atomic E-state index is 8.82. The van der Waals surface area contributed by atoms with Crippen molar-refractivity contribution in [3.8, 4) is 17.1 Å². The summed E-state index contributed by atoms with van der Waals surface area (Å²) >= 11 is 6.29. The van der Waals surface area contributed by atoms with Crippen LogP contribution in [0, 0.1) is 4.78 Å². The molecule has 1 heterocycles. The fraction of sp³-hybridized carbons (Fsp3) is 0.167. The Morgan fingerprint density at radius 3 is 2.52 bits per heavy atom. The third-order valence-electron chi connectivity index (χ3n) is 3.40. The van der Waals surface area contributed by atoms with Gasteiger partial charge in [-0.2, -0.15) is 0 Å². The topological polar surface area (TPSA) is 71.8 Å². The van der Waals surface area contributed by atoms with Gasteiger partial charge in [-0.3, -0.25) is 4.78 Å². The summed E-state index contributed by atoms with van der Waals surface area (Å²) < 4.78 is 14.7. The van der Waals surface area contributed by atoms with E-state index in [-0.39, 0.29) is 0 Å². The van der Waals surface area contributed by atoms with Gasteiger partial charge in [-0.1, -0.05) is 36.7 Å². The van der Waals surface area contributed by atoms with Gasteiger partial charge < -0.3 is 4.74 Å². The van der Waals surface area contributed by atoms with Crippen molar-refractivity contribution < 1.29 is 4.74 Å². The van der Waals surface area contributed by atoms with E-state index >= 15 is 0 Å². The average molecular weight is 373 g/mol. The number of benzene rings is 2. The van der Waals surface area contributed by atoms with Crippen LogP contribution in [0.5, 0.6) is 5.75 Å². The van der Waals surface area contributed by atoms with Crippen molar-refractivity contribution in [1.29, 1.82) is 4.78 Å². The molecule has 1 unspecified atom stereocenters. The summed E-state index contributed by atoms with van der Waals surface area (Å²) in [4.78, 5) is 14.0. The Morgan fingerprint density at radius 1 is 1.12 bits per heavy atom. The van der Waals surface area contributed by atoms with Crippen LogP contribution in [0.25, 0.3) is 11.4 Å². The zero-order chi connectivity index (χ0) is 17.6. The van der Waals surface area contributed by atoms with Gasteiger partial charge in [-0.25, -0.2) is 15.0 Å². The Balaban J connectivity index is 2.20. The first-order valence-electron chi connectivity index (χ1n) is 7.80. The maximum atomic E-state index is 8.82. The second kappa shape index (κ2) is 8.18. The molecule has 0 saturated carbocycles. The number of nitrogens with one attached hydrogen (secondary N) is 1. The predicted molar refractivity (Wildman–Crippen MR) is 99.1 cm³/mol. The third-order valence-corrected chi connectivity index (χ3v) is 5.19. The first kappa shape index (κ1) is 17.5. The first-order valence-corrected chi connectivity index (χ1v) is 9.40. The maximum Gasteiger partial charge on any atom is 0.164 e. The number of halogens is 1. The van der Waals surface area contributed by atoms with E-state index in [0.29, 0.717) is 28.8 Å². The summed E-state index contributed by atoms with van der Waals surface area (Å²) in [5, 5.41) is 0.523. The van der Waals surface area contributed by atoms with Crippen LogP contribution in [0.1, 0.15) is 13.3 Å². The van der Waals surface area contributed by atoms with Gasteiger partial charge in [0.2, 0.25) is 0 Å². The molecule has 1 aromatic heterocycles. The summed E-state index contributed by atoms with van der Waals surface area (Å²) in [5.74, 6) is 1.08. The van der Waals surface area contributed by atoms with E-state index in [9.17, 15) is 0 Å². The lowest BCUT2D eigenvalue weighted by atomic mass is 10.2. The zero-order valence-electron chi connectivity index (χ0n) is 13.6. The molecule has 0 aliphatic rings. The monoisotopic (exact) mass is 372 g/mol. The van der Waals surface area contributed by atoms with Crippen molar-refractivity contribution in [2.75, 3.05) is 6.61 Å². The standard InChI is InChI=1S/C18H17ClN4OS/c1-2-8-24-16-10-13(19)9-15(18-22-11-21-12-23-18)17(16)25(20)14-6-4-3-5-7-14/h3-7,9-12,20H,2,8H2,1H3. The van der Waals surface area contributed by atoms with Gasteiger partial charge in [-0.05, 0) is 35.3 Å². The van der Waals surface area contributed by atoms with Crippen LogP contribution < -0.4 is 4.74 Å². The van der Waals surface area contributed by atoms with Crippen molar-refractivity contribution in [2.45, 2.75) is 23.1 Å². The van der Waals surface area contributed by atoms with Gasteiger partial charge in [-0.15, -0.1) is 0 Å². The van der Waals surface area contributed by atoms with Crippen molar-refractivity contribution in [1.82, 2.24) is 15.0 Å². The number of hydrogen-bond acceptors (Lipinski definition) is 5. The van der Waals surface area contributed by atoms with E-state index in [1.54, 1.807) is 12.1 Å². The quantitative estimate of drug-likeness (QED) is 0.675. The Kier molecular flexibility index (Phi) is 5.73. The van der Waals surface area contributed by atoms with E-state index < -0.39 is 10.7 Å². The molecule has 5 nitrogen and oxygen atoms in total. The van der Waals surface area contributed by atoms with E-state index in [4.69, 9.17) is 21.1 Å². The summed E-state index contributed by atoms with van der Waals surface area (Å²) in [6.07, 6.45) is 3.73. The molecule has 128 valence electrons. The molecule has 3 aromatic rings. The van der Waals surface area contributed by atoms with Crippen LogP contribution >= 0.6 is 11.6 Å². The molecule has 0 aliphatic carbocycles. The van der Waals surface area contributed by atoms with Gasteiger partial charge in [0, 0.05) is 21.5 Å². The van der Waals surface area contributed by atoms with Crippen molar-refractivity contribution in [3.05, 3.63) is 60.1 Å². The van der Waals surface area contributed by atoms with Crippen LogP contribution in [0.15, 0.2) is 64.9 Å². The van der Waals surface area contributed by atoms with E-state index in [1.807, 2.05) is 37.3 Å². The molecule has 0 bridgehead atoms. The predicted octanol–water partition coefficient (Wildman–Crippen LogP) is 4.78. The van der Waals surface area contributed by atoms with Gasteiger partial charge in [0.25, 0.3) is 0 Å². The highest BCUT2D eigenvalue weighted by atomic mass is 35.5. The Bertz CT molecular complexity index is 875. The van der Waals surface area contributed by atoms with Gasteiger partial charge >= 0.3 is 0 Å². The molecular weight excluding hydrogens is 356 g/mol. The van der Waals surface area contributed by atoms with Gasteiger partial charge in [0.05, 0.1) is 11.5 Å². The van der Waals surface area contributed by atoms with Crippen molar-refractivity contribution in [2.24, 2.45) is 0 Å². The fourth-order valence-corrected chi connectivity index (χ4v) is 3.88. The van der Waals surface area contributed by atoms with Crippen LogP contribution in [0.2, 0.25) is 5.02 Å². The minimum Gasteiger partial charge on any atom is -0.492 e. The lowest BCUT2D eigenvalue weighted by Crippen LogP contribution is -2.04. The molecule has 0 amide bonds. The SMILES string of the molecule is CCCOc1cc(Cl)cc(-c2ncncn2)c1S(=N)c1ccccc1. The summed E-state index contributed by atoms with van der Waals surface area (Å²) in [6, 6.07) is 13.2. The minimum absolute atomic E-state index is 0.481. The number of nitrogens with zero attached hydrogens (tertiary/aromatic N) is 3. The fourth-order valence-electron chi connectivity index (χ4n) is 2.32. The molecule has 1 N–H and O–H groups in total. The Morgan fingerprint density at radius 2 is 1.84 bits per heavy atom. The van der Waals surface area contributed by atoms with E-state index in [1.165, 1.54) is 12.7 Å². The Labute approximate surface area is 154 Å². The molecule has 0 fully saturated rings. The molecule has 0 spiro atoms. The molecule has 0 aliphatic heterocycles. The summed E-state index contributed by atoms with van der Waals surface area (Å²) in [7, 11) is -0.966. The number of ether oxygens (including phenoxy) is 1. The molecule has 25 heavy (non-hydrogen) atoms. The molecule has 0 radical (unpaired) electrons.